The van der Waals surface area contributed by atoms with Crippen molar-refractivity contribution in [2.75, 3.05) is 19.6 Å². The van der Waals surface area contributed by atoms with Gasteiger partial charge in [0.1, 0.15) is 0 Å². The Balaban J connectivity index is 2.08. The molecule has 2 rings (SSSR count). The fourth-order valence-corrected chi connectivity index (χ4v) is 4.41. The molecular formula is C17H34N2. The van der Waals surface area contributed by atoms with Crippen LogP contribution in [0.2, 0.25) is 0 Å². The van der Waals surface area contributed by atoms with Gasteiger partial charge in [0, 0.05) is 18.6 Å². The third-order valence-corrected chi connectivity index (χ3v) is 5.52. The Morgan fingerprint density at radius 3 is 2.58 bits per heavy atom. The second kappa shape index (κ2) is 7.08. The fourth-order valence-electron chi connectivity index (χ4n) is 4.41. The predicted octanol–water partition coefficient (Wildman–Crippen LogP) is 3.52. The van der Waals surface area contributed by atoms with Gasteiger partial charge in [-0.2, -0.15) is 0 Å². The highest BCUT2D eigenvalue weighted by atomic mass is 15.2. The molecule has 1 N–H and O–H groups in total. The van der Waals surface area contributed by atoms with Gasteiger partial charge in [0.05, 0.1) is 0 Å². The number of nitrogens with zero attached hydrogens (tertiary/aromatic N) is 1. The normalized spacial score (nSPS) is 36.9. The van der Waals surface area contributed by atoms with Crippen molar-refractivity contribution in [1.29, 1.82) is 0 Å². The van der Waals surface area contributed by atoms with E-state index in [2.05, 4.69) is 37.9 Å². The molecule has 1 heterocycles. The summed E-state index contributed by atoms with van der Waals surface area (Å²) in [6, 6.07) is 1.62. The van der Waals surface area contributed by atoms with Crippen molar-refractivity contribution < 1.29 is 0 Å². The molecule has 1 aliphatic heterocycles. The third kappa shape index (κ3) is 3.72. The summed E-state index contributed by atoms with van der Waals surface area (Å²) < 4.78 is 0. The van der Waals surface area contributed by atoms with E-state index in [1.54, 1.807) is 0 Å². The molecule has 0 aromatic carbocycles. The maximum absolute atomic E-state index is 3.60. The van der Waals surface area contributed by atoms with Crippen LogP contribution in [0, 0.1) is 17.8 Å². The lowest BCUT2D eigenvalue weighted by molar-refractivity contribution is 0.0246. The third-order valence-electron chi connectivity index (χ3n) is 5.52. The molecule has 0 aromatic rings. The number of likely N-dealkylation sites (N-methyl/N-ethyl adjacent to an activating group) is 1. The number of piperidine rings is 1. The van der Waals surface area contributed by atoms with Crippen molar-refractivity contribution in [2.24, 2.45) is 17.8 Å². The van der Waals surface area contributed by atoms with E-state index in [-0.39, 0.29) is 0 Å². The van der Waals surface area contributed by atoms with Gasteiger partial charge in [-0.25, -0.2) is 0 Å². The lowest BCUT2D eigenvalue weighted by Crippen LogP contribution is -2.54. The van der Waals surface area contributed by atoms with Crippen LogP contribution < -0.4 is 5.32 Å². The number of rotatable bonds is 4. The Kier molecular flexibility index (Phi) is 5.70. The van der Waals surface area contributed by atoms with Gasteiger partial charge in [-0.3, -0.25) is 4.90 Å². The van der Waals surface area contributed by atoms with E-state index in [1.165, 1.54) is 51.7 Å². The lowest BCUT2D eigenvalue weighted by Gasteiger charge is -2.47. The van der Waals surface area contributed by atoms with Crippen LogP contribution in [-0.2, 0) is 0 Å². The molecule has 0 amide bonds. The molecule has 0 spiro atoms. The zero-order chi connectivity index (χ0) is 13.8. The smallest absolute Gasteiger partial charge is 0.0224 e. The molecule has 1 saturated carbocycles. The molecule has 2 nitrogen and oxygen atoms in total. The SMILES string of the molecule is CCN(C1CCCNC1)C1CC(C)CCC1C(C)C. The van der Waals surface area contributed by atoms with Crippen LogP contribution >= 0.6 is 0 Å². The molecule has 2 fully saturated rings. The van der Waals surface area contributed by atoms with E-state index in [4.69, 9.17) is 0 Å². The maximum Gasteiger partial charge on any atom is 0.0224 e. The Morgan fingerprint density at radius 1 is 1.21 bits per heavy atom. The van der Waals surface area contributed by atoms with E-state index in [0.29, 0.717) is 0 Å². The van der Waals surface area contributed by atoms with Crippen molar-refractivity contribution in [3.63, 3.8) is 0 Å². The van der Waals surface area contributed by atoms with E-state index in [1.807, 2.05) is 0 Å². The minimum Gasteiger partial charge on any atom is -0.315 e. The average Bonchev–Trinajstić information content (AvgIpc) is 2.40. The van der Waals surface area contributed by atoms with Crippen LogP contribution in [-0.4, -0.2) is 36.6 Å². The van der Waals surface area contributed by atoms with Crippen LogP contribution in [0.4, 0.5) is 0 Å². The fraction of sp³-hybridized carbons (Fsp3) is 1.00. The maximum atomic E-state index is 3.60. The van der Waals surface area contributed by atoms with Gasteiger partial charge in [0.25, 0.3) is 0 Å². The highest BCUT2D eigenvalue weighted by Crippen LogP contribution is 2.37. The Bertz CT molecular complexity index is 258. The minimum absolute atomic E-state index is 0.787. The molecule has 1 saturated heterocycles. The first-order chi connectivity index (χ1) is 9.13. The first kappa shape index (κ1) is 15.3. The molecule has 1 aliphatic carbocycles. The zero-order valence-corrected chi connectivity index (χ0v) is 13.5. The van der Waals surface area contributed by atoms with Crippen molar-refractivity contribution in [1.82, 2.24) is 10.2 Å². The van der Waals surface area contributed by atoms with Gasteiger partial charge < -0.3 is 5.32 Å². The van der Waals surface area contributed by atoms with E-state index in [9.17, 15) is 0 Å². The first-order valence-corrected chi connectivity index (χ1v) is 8.60. The molecule has 0 radical (unpaired) electrons. The monoisotopic (exact) mass is 266 g/mol. The molecule has 19 heavy (non-hydrogen) atoms. The summed E-state index contributed by atoms with van der Waals surface area (Å²) in [5, 5.41) is 3.60. The molecule has 2 aliphatic rings. The van der Waals surface area contributed by atoms with Crippen molar-refractivity contribution in [3.05, 3.63) is 0 Å². The van der Waals surface area contributed by atoms with Crippen molar-refractivity contribution in [3.8, 4) is 0 Å². The van der Waals surface area contributed by atoms with E-state index >= 15 is 0 Å². The summed E-state index contributed by atoms with van der Waals surface area (Å²) >= 11 is 0. The molecule has 0 bridgehead atoms. The van der Waals surface area contributed by atoms with Gasteiger partial charge >= 0.3 is 0 Å². The summed E-state index contributed by atoms with van der Waals surface area (Å²) in [5.74, 6) is 2.67. The van der Waals surface area contributed by atoms with Crippen molar-refractivity contribution in [2.45, 2.75) is 71.9 Å². The highest BCUT2D eigenvalue weighted by molar-refractivity contribution is 4.91. The average molecular weight is 266 g/mol. The molecule has 0 aromatic heterocycles. The predicted molar refractivity (Wildman–Crippen MR) is 83.4 cm³/mol. The highest BCUT2D eigenvalue weighted by Gasteiger charge is 2.36. The summed E-state index contributed by atoms with van der Waals surface area (Å²) in [4.78, 5) is 2.85. The minimum atomic E-state index is 0.787. The van der Waals surface area contributed by atoms with Gasteiger partial charge in [-0.05, 0) is 56.5 Å². The summed E-state index contributed by atoms with van der Waals surface area (Å²) in [6.45, 7) is 13.3. The summed E-state index contributed by atoms with van der Waals surface area (Å²) in [5.41, 5.74) is 0. The van der Waals surface area contributed by atoms with Gasteiger partial charge in [0.2, 0.25) is 0 Å². The number of nitrogens with one attached hydrogen (secondary N) is 1. The molecule has 4 unspecified atom stereocenters. The van der Waals surface area contributed by atoms with Crippen molar-refractivity contribution >= 4 is 0 Å². The summed E-state index contributed by atoms with van der Waals surface area (Å²) in [6.07, 6.45) is 7.07. The molecule has 2 heteroatoms. The van der Waals surface area contributed by atoms with Gasteiger partial charge in [0.15, 0.2) is 0 Å². The quantitative estimate of drug-likeness (QED) is 0.837. The standard InChI is InChI=1S/C17H34N2/c1-5-19(15-7-6-10-18-12-15)17-11-14(4)8-9-16(17)13(2)3/h13-18H,5-12H2,1-4H3. The largest absolute Gasteiger partial charge is 0.315 e. The van der Waals surface area contributed by atoms with Gasteiger partial charge in [-0.15, -0.1) is 0 Å². The first-order valence-electron chi connectivity index (χ1n) is 8.60. The van der Waals surface area contributed by atoms with E-state index < -0.39 is 0 Å². The lowest BCUT2D eigenvalue weighted by atomic mass is 9.73. The zero-order valence-electron chi connectivity index (χ0n) is 13.5. The molecule has 112 valence electrons. The molecular weight excluding hydrogens is 232 g/mol. The summed E-state index contributed by atoms with van der Waals surface area (Å²) in [7, 11) is 0. The van der Waals surface area contributed by atoms with Crippen LogP contribution in [0.15, 0.2) is 0 Å². The van der Waals surface area contributed by atoms with Crippen LogP contribution in [0.25, 0.3) is 0 Å². The van der Waals surface area contributed by atoms with E-state index in [0.717, 1.165) is 29.8 Å². The number of hydrogen-bond donors (Lipinski definition) is 1. The molecule has 4 atom stereocenters. The topological polar surface area (TPSA) is 15.3 Å². The Hall–Kier alpha value is -0.0800. The second-order valence-electron chi connectivity index (χ2n) is 7.22. The Labute approximate surface area is 120 Å². The Morgan fingerprint density at radius 2 is 2.00 bits per heavy atom. The number of hydrogen-bond acceptors (Lipinski definition) is 2. The van der Waals surface area contributed by atoms with Gasteiger partial charge in [-0.1, -0.05) is 34.1 Å². The second-order valence-corrected chi connectivity index (χ2v) is 7.22. The van der Waals surface area contributed by atoms with Crippen LogP contribution in [0.5, 0.6) is 0 Å². The van der Waals surface area contributed by atoms with Crippen LogP contribution in [0.3, 0.4) is 0 Å². The van der Waals surface area contributed by atoms with Crippen LogP contribution in [0.1, 0.15) is 59.8 Å².